The lowest BCUT2D eigenvalue weighted by Crippen LogP contribution is -2.11. The van der Waals surface area contributed by atoms with E-state index in [1.54, 1.807) is 0 Å². The molecule has 0 aliphatic heterocycles. The Bertz CT molecular complexity index is 1300. The molecule has 0 atom stereocenters. The van der Waals surface area contributed by atoms with Gasteiger partial charge in [0.25, 0.3) is 5.91 Å². The zero-order chi connectivity index (χ0) is 19.8. The van der Waals surface area contributed by atoms with Crippen molar-refractivity contribution in [3.05, 3.63) is 58.9 Å². The van der Waals surface area contributed by atoms with Gasteiger partial charge in [-0.25, -0.2) is 9.97 Å². The minimum Gasteiger partial charge on any atom is -0.494 e. The number of benzene rings is 2. The standard InChI is InChI=1S/C21H15N3O3S2/c1-2-26-13-7-8-16-12(9-13)10-17(27-16)15-11-28-21(23-15)24-19(25)20-22-14-5-3-4-6-18(14)29-20/h3-11H,2H2,1H3,(H,23,24,25). The van der Waals surface area contributed by atoms with Gasteiger partial charge >= 0.3 is 0 Å². The highest BCUT2D eigenvalue weighted by Gasteiger charge is 2.16. The number of hydrogen-bond acceptors (Lipinski definition) is 7. The van der Waals surface area contributed by atoms with Crippen LogP contribution in [-0.2, 0) is 0 Å². The fourth-order valence-electron chi connectivity index (χ4n) is 2.97. The molecule has 29 heavy (non-hydrogen) atoms. The molecule has 0 spiro atoms. The molecule has 0 radical (unpaired) electrons. The fourth-order valence-corrected chi connectivity index (χ4v) is 4.52. The van der Waals surface area contributed by atoms with Crippen LogP contribution in [0.25, 0.3) is 32.6 Å². The van der Waals surface area contributed by atoms with Crippen LogP contribution in [0.2, 0.25) is 0 Å². The van der Waals surface area contributed by atoms with Crippen LogP contribution in [0.15, 0.2) is 58.3 Å². The zero-order valence-electron chi connectivity index (χ0n) is 15.3. The van der Waals surface area contributed by atoms with Gasteiger partial charge in [0, 0.05) is 10.8 Å². The summed E-state index contributed by atoms with van der Waals surface area (Å²) in [5.74, 6) is 1.18. The molecule has 2 aromatic carbocycles. The third-order valence-electron chi connectivity index (χ3n) is 4.26. The SMILES string of the molecule is CCOc1ccc2oc(-c3csc(NC(=O)c4nc5ccccc5s4)n3)cc2c1. The van der Waals surface area contributed by atoms with Gasteiger partial charge in [0.1, 0.15) is 17.0 Å². The Kier molecular flexibility index (Phi) is 4.49. The maximum atomic E-state index is 12.5. The van der Waals surface area contributed by atoms with Crippen molar-refractivity contribution >= 4 is 54.9 Å². The first-order chi connectivity index (χ1) is 14.2. The number of anilines is 1. The highest BCUT2D eigenvalue weighted by Crippen LogP contribution is 2.32. The Balaban J connectivity index is 1.37. The first-order valence-corrected chi connectivity index (χ1v) is 10.7. The monoisotopic (exact) mass is 421 g/mol. The van der Waals surface area contributed by atoms with Gasteiger partial charge in [-0.05, 0) is 43.3 Å². The van der Waals surface area contributed by atoms with Crippen LogP contribution in [0.3, 0.4) is 0 Å². The second-order valence-corrected chi connectivity index (χ2v) is 8.11. The lowest BCUT2D eigenvalue weighted by Gasteiger charge is -2.00. The minimum absolute atomic E-state index is 0.266. The number of carbonyl (C=O) groups excluding carboxylic acids is 1. The molecular formula is C21H15N3O3S2. The summed E-state index contributed by atoms with van der Waals surface area (Å²) in [4.78, 5) is 21.4. The topological polar surface area (TPSA) is 77.2 Å². The third-order valence-corrected chi connectivity index (χ3v) is 6.06. The van der Waals surface area contributed by atoms with Gasteiger partial charge in [-0.15, -0.1) is 22.7 Å². The predicted molar refractivity (Wildman–Crippen MR) is 116 cm³/mol. The van der Waals surface area contributed by atoms with Gasteiger partial charge in [0.05, 0.1) is 16.8 Å². The van der Waals surface area contributed by atoms with Gasteiger partial charge in [-0.2, -0.15) is 0 Å². The molecule has 0 saturated heterocycles. The summed E-state index contributed by atoms with van der Waals surface area (Å²) in [6.07, 6.45) is 0. The van der Waals surface area contributed by atoms with E-state index in [0.717, 1.165) is 26.9 Å². The number of carbonyl (C=O) groups is 1. The van der Waals surface area contributed by atoms with Gasteiger partial charge in [0.15, 0.2) is 15.9 Å². The Morgan fingerprint density at radius 2 is 2.07 bits per heavy atom. The maximum Gasteiger partial charge on any atom is 0.286 e. The van der Waals surface area contributed by atoms with Gasteiger partial charge < -0.3 is 9.15 Å². The van der Waals surface area contributed by atoms with E-state index in [9.17, 15) is 4.79 Å². The second kappa shape index (κ2) is 7.31. The summed E-state index contributed by atoms with van der Waals surface area (Å²) < 4.78 is 12.4. The predicted octanol–water partition coefficient (Wildman–Crippen LogP) is 5.82. The Morgan fingerprint density at radius 1 is 1.17 bits per heavy atom. The van der Waals surface area contributed by atoms with Crippen molar-refractivity contribution in [3.8, 4) is 17.2 Å². The number of hydrogen-bond donors (Lipinski definition) is 1. The van der Waals surface area contributed by atoms with Crippen LogP contribution in [0.1, 0.15) is 16.7 Å². The Morgan fingerprint density at radius 3 is 2.93 bits per heavy atom. The molecule has 144 valence electrons. The van der Waals surface area contributed by atoms with Crippen molar-refractivity contribution in [2.75, 3.05) is 11.9 Å². The van der Waals surface area contributed by atoms with Crippen molar-refractivity contribution in [2.45, 2.75) is 6.92 Å². The first kappa shape index (κ1) is 17.8. The van der Waals surface area contributed by atoms with E-state index < -0.39 is 0 Å². The molecule has 0 saturated carbocycles. The van der Waals surface area contributed by atoms with Crippen molar-refractivity contribution in [1.82, 2.24) is 9.97 Å². The van der Waals surface area contributed by atoms with Crippen molar-refractivity contribution in [2.24, 2.45) is 0 Å². The van der Waals surface area contributed by atoms with Gasteiger partial charge in [0.2, 0.25) is 0 Å². The summed E-state index contributed by atoms with van der Waals surface area (Å²) in [5, 5.41) is 6.54. The molecule has 0 aliphatic rings. The van der Waals surface area contributed by atoms with Crippen molar-refractivity contribution < 1.29 is 13.9 Å². The normalized spacial score (nSPS) is 11.2. The molecular weight excluding hydrogens is 406 g/mol. The highest BCUT2D eigenvalue weighted by atomic mass is 32.1. The van der Waals surface area contributed by atoms with Crippen molar-refractivity contribution in [1.29, 1.82) is 0 Å². The third kappa shape index (κ3) is 3.48. The number of furan rings is 1. The van der Waals surface area contributed by atoms with Crippen LogP contribution >= 0.6 is 22.7 Å². The number of nitrogens with zero attached hydrogens (tertiary/aromatic N) is 2. The minimum atomic E-state index is -0.266. The van der Waals surface area contributed by atoms with E-state index in [-0.39, 0.29) is 5.91 Å². The van der Waals surface area contributed by atoms with E-state index in [2.05, 4.69) is 15.3 Å². The second-order valence-electron chi connectivity index (χ2n) is 6.22. The molecule has 6 nitrogen and oxygen atoms in total. The summed E-state index contributed by atoms with van der Waals surface area (Å²) in [6.45, 7) is 2.56. The van der Waals surface area contributed by atoms with Crippen LogP contribution in [0.5, 0.6) is 5.75 Å². The molecule has 5 rings (SSSR count). The zero-order valence-corrected chi connectivity index (χ0v) is 17.0. The van der Waals surface area contributed by atoms with Crippen LogP contribution in [0.4, 0.5) is 5.13 Å². The molecule has 3 aromatic heterocycles. The van der Waals surface area contributed by atoms with E-state index in [0.29, 0.717) is 28.2 Å². The largest absolute Gasteiger partial charge is 0.494 e. The summed E-state index contributed by atoms with van der Waals surface area (Å²) in [5.41, 5.74) is 2.25. The lowest BCUT2D eigenvalue weighted by atomic mass is 10.2. The van der Waals surface area contributed by atoms with Gasteiger partial charge in [-0.1, -0.05) is 12.1 Å². The van der Waals surface area contributed by atoms with Crippen LogP contribution in [-0.4, -0.2) is 22.5 Å². The molecule has 0 fully saturated rings. The summed E-state index contributed by atoms with van der Waals surface area (Å²) in [7, 11) is 0. The number of fused-ring (bicyclic) bond motifs is 2. The molecule has 0 unspecified atom stereocenters. The average molecular weight is 422 g/mol. The molecule has 3 heterocycles. The van der Waals surface area contributed by atoms with Crippen molar-refractivity contribution in [3.63, 3.8) is 0 Å². The van der Waals surface area contributed by atoms with Crippen LogP contribution < -0.4 is 10.1 Å². The Hall–Kier alpha value is -3.23. The number of amides is 1. The molecule has 1 amide bonds. The smallest absolute Gasteiger partial charge is 0.286 e. The number of nitrogens with one attached hydrogen (secondary N) is 1. The number of rotatable bonds is 5. The average Bonchev–Trinajstić information content (AvgIpc) is 3.45. The number of para-hydroxylation sites is 1. The van der Waals surface area contributed by atoms with E-state index in [1.165, 1.54) is 22.7 Å². The molecule has 0 aliphatic carbocycles. The molecule has 5 aromatic rings. The first-order valence-electron chi connectivity index (χ1n) is 8.99. The van der Waals surface area contributed by atoms with Gasteiger partial charge in [-0.3, -0.25) is 10.1 Å². The summed E-state index contributed by atoms with van der Waals surface area (Å²) in [6, 6.07) is 15.3. The number of thiazole rings is 2. The van der Waals surface area contributed by atoms with E-state index in [4.69, 9.17) is 9.15 Å². The van der Waals surface area contributed by atoms with E-state index in [1.807, 2.05) is 60.8 Å². The number of ether oxygens (including phenoxy) is 1. The Labute approximate surface area is 173 Å². The highest BCUT2D eigenvalue weighted by molar-refractivity contribution is 7.20. The fraction of sp³-hybridized carbons (Fsp3) is 0.0952. The lowest BCUT2D eigenvalue weighted by molar-refractivity contribution is 0.102. The van der Waals surface area contributed by atoms with Crippen LogP contribution in [0, 0.1) is 0 Å². The quantitative estimate of drug-likeness (QED) is 0.387. The maximum absolute atomic E-state index is 12.5. The summed E-state index contributed by atoms with van der Waals surface area (Å²) >= 11 is 2.70. The molecule has 8 heteroatoms. The number of aromatic nitrogens is 2. The molecule has 1 N–H and O–H groups in total. The molecule has 0 bridgehead atoms. The van der Waals surface area contributed by atoms with E-state index >= 15 is 0 Å².